The van der Waals surface area contributed by atoms with Crippen LogP contribution >= 0.6 is 12.2 Å². The summed E-state index contributed by atoms with van der Waals surface area (Å²) in [6.45, 7) is 4.78. The zero-order chi connectivity index (χ0) is 15.3. The molecule has 0 saturated carbocycles. The summed E-state index contributed by atoms with van der Waals surface area (Å²) in [5.74, 6) is 0. The average Bonchev–Trinajstić information content (AvgIpc) is 2.34. The highest BCUT2D eigenvalue weighted by molar-refractivity contribution is 7.80. The molecule has 3 nitrogen and oxygen atoms in total. The molecular formula is C13H17F3N2OS. The van der Waals surface area contributed by atoms with Gasteiger partial charge in [0.05, 0.1) is 12.2 Å². The number of anilines is 1. The number of hydrogen-bond donors (Lipinski definition) is 2. The summed E-state index contributed by atoms with van der Waals surface area (Å²) < 4.78 is 43.7. The minimum Gasteiger partial charge on any atom is -0.389 e. The molecule has 1 rings (SSSR count). The lowest BCUT2D eigenvalue weighted by atomic mass is 10.1. The Morgan fingerprint density at radius 1 is 1.45 bits per heavy atom. The van der Waals surface area contributed by atoms with E-state index >= 15 is 0 Å². The van der Waals surface area contributed by atoms with Gasteiger partial charge < -0.3 is 15.8 Å². The first kappa shape index (κ1) is 16.7. The number of rotatable bonds is 6. The molecular weight excluding hydrogens is 289 g/mol. The molecule has 20 heavy (non-hydrogen) atoms. The van der Waals surface area contributed by atoms with Crippen LogP contribution < -0.4 is 11.1 Å². The van der Waals surface area contributed by atoms with Crippen molar-refractivity contribution >= 4 is 22.9 Å². The van der Waals surface area contributed by atoms with Crippen LogP contribution in [0.4, 0.5) is 18.9 Å². The quantitative estimate of drug-likeness (QED) is 0.793. The molecule has 0 aliphatic rings. The third kappa shape index (κ3) is 4.64. The van der Waals surface area contributed by atoms with Gasteiger partial charge in [0.25, 0.3) is 0 Å². The maximum Gasteiger partial charge on any atom is 0.417 e. The van der Waals surface area contributed by atoms with E-state index in [9.17, 15) is 13.2 Å². The van der Waals surface area contributed by atoms with Crippen molar-refractivity contribution in [3.63, 3.8) is 0 Å². The second kappa shape index (κ2) is 6.90. The van der Waals surface area contributed by atoms with E-state index in [1.165, 1.54) is 12.1 Å². The van der Waals surface area contributed by atoms with Crippen molar-refractivity contribution in [1.29, 1.82) is 0 Å². The molecule has 0 saturated heterocycles. The van der Waals surface area contributed by atoms with Gasteiger partial charge in [-0.25, -0.2) is 0 Å². The van der Waals surface area contributed by atoms with Gasteiger partial charge in [-0.2, -0.15) is 13.2 Å². The lowest BCUT2D eigenvalue weighted by molar-refractivity contribution is -0.137. The summed E-state index contributed by atoms with van der Waals surface area (Å²) in [5.41, 5.74) is 4.89. The highest BCUT2D eigenvalue weighted by Gasteiger charge is 2.34. The van der Waals surface area contributed by atoms with Gasteiger partial charge in [0.15, 0.2) is 0 Å². The zero-order valence-corrected chi connectivity index (χ0v) is 12.1. The molecule has 0 fully saturated rings. The normalized spacial score (nSPS) is 13.1. The molecule has 1 aromatic rings. The fraction of sp³-hybridized carbons (Fsp3) is 0.462. The van der Waals surface area contributed by atoms with Crippen LogP contribution in [-0.2, 0) is 10.9 Å². The van der Waals surface area contributed by atoms with Crippen LogP contribution in [0.1, 0.15) is 25.0 Å². The van der Waals surface area contributed by atoms with Gasteiger partial charge in [0.2, 0.25) is 0 Å². The smallest absolute Gasteiger partial charge is 0.389 e. The largest absolute Gasteiger partial charge is 0.417 e. The van der Waals surface area contributed by atoms with Crippen molar-refractivity contribution in [3.05, 3.63) is 29.3 Å². The van der Waals surface area contributed by atoms with Crippen molar-refractivity contribution < 1.29 is 17.9 Å². The minimum absolute atomic E-state index is 0.0362. The Bertz CT molecular complexity index is 477. The molecule has 1 unspecified atom stereocenters. The van der Waals surface area contributed by atoms with Crippen LogP contribution in [-0.4, -0.2) is 24.2 Å². The predicted molar refractivity (Wildman–Crippen MR) is 76.9 cm³/mol. The number of ether oxygens (including phenoxy) is 1. The molecule has 112 valence electrons. The van der Waals surface area contributed by atoms with Gasteiger partial charge >= 0.3 is 6.18 Å². The van der Waals surface area contributed by atoms with Crippen molar-refractivity contribution in [1.82, 2.24) is 0 Å². The molecule has 0 aromatic heterocycles. The van der Waals surface area contributed by atoms with Crippen molar-refractivity contribution in [2.75, 3.05) is 18.5 Å². The molecule has 0 radical (unpaired) electrons. The Kier molecular flexibility index (Phi) is 5.76. The topological polar surface area (TPSA) is 47.3 Å². The van der Waals surface area contributed by atoms with E-state index in [1.54, 1.807) is 0 Å². The summed E-state index contributed by atoms with van der Waals surface area (Å²) in [5, 5.41) is 3.04. The highest BCUT2D eigenvalue weighted by Crippen LogP contribution is 2.33. The molecule has 1 atom stereocenters. The second-order valence-electron chi connectivity index (χ2n) is 4.33. The lowest BCUT2D eigenvalue weighted by Crippen LogP contribution is -2.23. The van der Waals surface area contributed by atoms with E-state index in [0.29, 0.717) is 18.9 Å². The van der Waals surface area contributed by atoms with Gasteiger partial charge in [-0.3, -0.25) is 0 Å². The first-order valence-electron chi connectivity index (χ1n) is 6.11. The molecule has 0 amide bonds. The number of halogens is 3. The Hall–Kier alpha value is -1.34. The molecule has 7 heteroatoms. The third-order valence-electron chi connectivity index (χ3n) is 2.58. The Labute approximate surface area is 121 Å². The van der Waals surface area contributed by atoms with E-state index < -0.39 is 11.7 Å². The fourth-order valence-corrected chi connectivity index (χ4v) is 1.87. The van der Waals surface area contributed by atoms with Gasteiger partial charge in [-0.15, -0.1) is 0 Å². The van der Waals surface area contributed by atoms with Crippen molar-refractivity contribution in [3.8, 4) is 0 Å². The highest BCUT2D eigenvalue weighted by atomic mass is 32.1. The van der Waals surface area contributed by atoms with E-state index in [1.807, 2.05) is 13.8 Å². The van der Waals surface area contributed by atoms with Crippen LogP contribution in [0.25, 0.3) is 0 Å². The standard InChI is InChI=1S/C13H17F3N2OS/c1-3-19-7-8(2)18-9-4-5-11(13(14,15)16)10(6-9)12(17)20/h4-6,8,18H,3,7H2,1-2H3,(H2,17,20). The third-order valence-corrected chi connectivity index (χ3v) is 2.80. The lowest BCUT2D eigenvalue weighted by Gasteiger charge is -2.18. The number of nitrogens with one attached hydrogen (secondary N) is 1. The first-order valence-corrected chi connectivity index (χ1v) is 6.51. The van der Waals surface area contributed by atoms with E-state index in [0.717, 1.165) is 6.07 Å². The molecule has 1 aromatic carbocycles. The molecule has 0 aliphatic heterocycles. The van der Waals surface area contributed by atoms with E-state index in [2.05, 4.69) is 17.5 Å². The zero-order valence-electron chi connectivity index (χ0n) is 11.3. The van der Waals surface area contributed by atoms with Crippen molar-refractivity contribution in [2.45, 2.75) is 26.1 Å². The first-order chi connectivity index (χ1) is 9.25. The maximum atomic E-state index is 12.8. The van der Waals surface area contributed by atoms with Gasteiger partial charge in [0.1, 0.15) is 4.99 Å². The van der Waals surface area contributed by atoms with E-state index in [4.69, 9.17) is 10.5 Å². The average molecular weight is 306 g/mol. The Balaban J connectivity index is 2.96. The summed E-state index contributed by atoms with van der Waals surface area (Å²) in [4.78, 5) is -0.279. The Morgan fingerprint density at radius 3 is 2.60 bits per heavy atom. The van der Waals surface area contributed by atoms with Crippen LogP contribution in [0.5, 0.6) is 0 Å². The molecule has 3 N–H and O–H groups in total. The van der Waals surface area contributed by atoms with Crippen LogP contribution in [0.2, 0.25) is 0 Å². The monoisotopic (exact) mass is 306 g/mol. The minimum atomic E-state index is -4.48. The number of alkyl halides is 3. The fourth-order valence-electron chi connectivity index (χ4n) is 1.71. The summed E-state index contributed by atoms with van der Waals surface area (Å²) in [7, 11) is 0. The van der Waals surface area contributed by atoms with Crippen LogP contribution in [0, 0.1) is 0 Å². The summed E-state index contributed by atoms with van der Waals surface area (Å²) in [6, 6.07) is 3.61. The number of benzene rings is 1. The number of thiocarbonyl (C=S) groups is 1. The molecule has 0 bridgehead atoms. The Morgan fingerprint density at radius 2 is 2.10 bits per heavy atom. The van der Waals surface area contributed by atoms with Crippen LogP contribution in [0.3, 0.4) is 0 Å². The molecule has 0 spiro atoms. The second-order valence-corrected chi connectivity index (χ2v) is 4.77. The van der Waals surface area contributed by atoms with Crippen molar-refractivity contribution in [2.24, 2.45) is 5.73 Å². The van der Waals surface area contributed by atoms with Crippen LogP contribution in [0.15, 0.2) is 18.2 Å². The summed E-state index contributed by atoms with van der Waals surface area (Å²) in [6.07, 6.45) is -4.48. The predicted octanol–water partition coefficient (Wildman–Crippen LogP) is 3.18. The van der Waals surface area contributed by atoms with Gasteiger partial charge in [-0.1, -0.05) is 12.2 Å². The number of nitrogens with two attached hydrogens (primary N) is 1. The SMILES string of the molecule is CCOCC(C)Nc1ccc(C(F)(F)F)c(C(N)=S)c1. The van der Waals surface area contributed by atoms with E-state index in [-0.39, 0.29) is 16.6 Å². The van der Waals surface area contributed by atoms with Gasteiger partial charge in [0, 0.05) is 23.9 Å². The molecule has 0 heterocycles. The summed E-state index contributed by atoms with van der Waals surface area (Å²) >= 11 is 4.69. The molecule has 0 aliphatic carbocycles. The number of hydrogen-bond acceptors (Lipinski definition) is 3. The maximum absolute atomic E-state index is 12.8. The van der Waals surface area contributed by atoms with Gasteiger partial charge in [-0.05, 0) is 32.0 Å².